The molecule has 6 heteroatoms. The molecular weight excluding hydrogens is 294 g/mol. The van der Waals surface area contributed by atoms with Crippen molar-refractivity contribution in [1.82, 2.24) is 9.88 Å². The molecule has 1 aromatic heterocycles. The Labute approximate surface area is 123 Å². The molecule has 0 bridgehead atoms. The highest BCUT2D eigenvalue weighted by atomic mass is 35.5. The largest absolute Gasteiger partial charge is 0.370 e. The molecule has 4 nitrogen and oxygen atoms in total. The highest BCUT2D eigenvalue weighted by Crippen LogP contribution is 2.28. The van der Waals surface area contributed by atoms with Crippen LogP contribution < -0.4 is 5.32 Å². The van der Waals surface area contributed by atoms with Crippen molar-refractivity contribution in [3.8, 4) is 0 Å². The van der Waals surface area contributed by atoms with E-state index in [0.717, 1.165) is 34.7 Å². The summed E-state index contributed by atoms with van der Waals surface area (Å²) in [5.74, 6) is 4.74. The Balaban J connectivity index is 2.17. The molecule has 2 aromatic rings. The summed E-state index contributed by atoms with van der Waals surface area (Å²) < 4.78 is 14.4. The van der Waals surface area contributed by atoms with Crippen molar-refractivity contribution >= 4 is 43.7 Å². The highest BCUT2D eigenvalue weighted by Gasteiger charge is 2.15. The number of aliphatic imine (C=N–C) groups is 1. The van der Waals surface area contributed by atoms with Crippen molar-refractivity contribution in [3.05, 3.63) is 29.4 Å². The fourth-order valence-corrected chi connectivity index (χ4v) is 3.58. The predicted molar refractivity (Wildman–Crippen MR) is 86.7 cm³/mol. The Morgan fingerprint density at radius 3 is 3.00 bits per heavy atom. The number of hydrogen-bond donors (Lipinski definition) is 1. The molecule has 0 saturated heterocycles. The zero-order chi connectivity index (χ0) is 14.3. The first-order chi connectivity index (χ1) is 9.45. The van der Waals surface area contributed by atoms with Gasteiger partial charge < -0.3 is 9.88 Å². The van der Waals surface area contributed by atoms with Gasteiger partial charge >= 0.3 is 0 Å². The minimum absolute atomic E-state index is 0.636. The van der Waals surface area contributed by atoms with Gasteiger partial charge in [-0.15, -0.1) is 0 Å². The van der Waals surface area contributed by atoms with Crippen LogP contribution in [-0.4, -0.2) is 39.8 Å². The number of aromatic nitrogens is 1. The number of hydrogen-bond acceptors (Lipinski definition) is 3. The summed E-state index contributed by atoms with van der Waals surface area (Å²) in [5, 5.41) is 4.78. The molecule has 20 heavy (non-hydrogen) atoms. The summed E-state index contributed by atoms with van der Waals surface area (Å²) in [4.78, 5) is 5.14. The summed E-state index contributed by atoms with van der Waals surface area (Å²) in [6.07, 6.45) is 3.55. The van der Waals surface area contributed by atoms with E-state index in [9.17, 15) is 4.21 Å². The van der Waals surface area contributed by atoms with Gasteiger partial charge in [-0.3, -0.25) is 9.20 Å². The Kier molecular flexibility index (Phi) is 3.26. The summed E-state index contributed by atoms with van der Waals surface area (Å²) in [6.45, 7) is 2.34. The summed E-state index contributed by atoms with van der Waals surface area (Å²) in [6, 6.07) is 5.64. The van der Waals surface area contributed by atoms with E-state index in [1.807, 2.05) is 29.0 Å². The monoisotopic (exact) mass is 309 g/mol. The van der Waals surface area contributed by atoms with Crippen molar-refractivity contribution in [2.75, 3.05) is 19.3 Å². The normalized spacial score (nSPS) is 17.8. The molecule has 3 rings (SSSR count). The average molecular weight is 310 g/mol. The number of fused-ring (bicyclic) bond motifs is 1. The second-order valence-electron chi connectivity index (χ2n) is 5.04. The first-order valence-electron chi connectivity index (χ1n) is 6.33. The molecule has 1 aliphatic rings. The van der Waals surface area contributed by atoms with Crippen molar-refractivity contribution < 1.29 is 4.21 Å². The molecule has 1 aliphatic heterocycles. The first-order valence-corrected chi connectivity index (χ1v) is 8.84. The maximum atomic E-state index is 12.4. The van der Waals surface area contributed by atoms with Crippen LogP contribution in [0.25, 0.3) is 10.9 Å². The summed E-state index contributed by atoms with van der Waals surface area (Å²) in [7, 11) is -2.30. The van der Waals surface area contributed by atoms with Gasteiger partial charge in [-0.1, -0.05) is 11.6 Å². The molecule has 0 radical (unpaired) electrons. The molecule has 2 heterocycles. The predicted octanol–water partition coefficient (Wildman–Crippen LogP) is 2.00. The molecular formula is C14H16ClN3OS. The first kappa shape index (κ1) is 13.5. The van der Waals surface area contributed by atoms with E-state index in [2.05, 4.69) is 16.2 Å². The number of halogens is 1. The van der Waals surface area contributed by atoms with E-state index in [1.54, 1.807) is 6.26 Å². The maximum Gasteiger partial charge on any atom is 0.117 e. The number of nitrogens with zero attached hydrogens (tertiary/aromatic N) is 2. The molecule has 0 spiro atoms. The Hall–Kier alpha value is -1.46. The van der Waals surface area contributed by atoms with Crippen LogP contribution in [0.1, 0.15) is 0 Å². The van der Waals surface area contributed by atoms with Crippen LogP contribution in [0.4, 0.5) is 0 Å². The van der Waals surface area contributed by atoms with Gasteiger partial charge in [0.25, 0.3) is 0 Å². The summed E-state index contributed by atoms with van der Waals surface area (Å²) in [5.41, 5.74) is 0.999. The lowest BCUT2D eigenvalue weighted by atomic mass is 10.2. The van der Waals surface area contributed by atoms with Crippen LogP contribution in [0.5, 0.6) is 0 Å². The van der Waals surface area contributed by atoms with Gasteiger partial charge in [-0.2, -0.15) is 0 Å². The van der Waals surface area contributed by atoms with Crippen LogP contribution in [0.15, 0.2) is 34.3 Å². The van der Waals surface area contributed by atoms with E-state index in [1.165, 1.54) is 0 Å². The third-order valence-corrected chi connectivity index (χ3v) is 4.83. The number of nitrogens with one attached hydrogen (secondary N) is 1. The maximum absolute atomic E-state index is 12.4. The van der Waals surface area contributed by atoms with Crippen LogP contribution in [-0.2, 0) is 16.1 Å². The van der Waals surface area contributed by atoms with E-state index < -0.39 is 9.52 Å². The lowest BCUT2D eigenvalue weighted by Crippen LogP contribution is -2.23. The molecule has 0 amide bonds. The lowest BCUT2D eigenvalue weighted by molar-refractivity contribution is 0.685. The second-order valence-corrected chi connectivity index (χ2v) is 7.93. The van der Waals surface area contributed by atoms with Crippen LogP contribution >= 0.6 is 11.6 Å². The number of benzene rings is 1. The quantitative estimate of drug-likeness (QED) is 0.882. The Morgan fingerprint density at radius 2 is 2.35 bits per heavy atom. The minimum Gasteiger partial charge on any atom is -0.370 e. The topological polar surface area (TPSA) is 46.4 Å². The van der Waals surface area contributed by atoms with Gasteiger partial charge in [-0.05, 0) is 33.6 Å². The molecule has 1 unspecified atom stereocenters. The zero-order valence-corrected chi connectivity index (χ0v) is 12.8. The van der Waals surface area contributed by atoms with Gasteiger partial charge in [0.05, 0.1) is 18.0 Å². The van der Waals surface area contributed by atoms with Crippen molar-refractivity contribution in [2.45, 2.75) is 11.4 Å². The fraction of sp³-hybridized carbons (Fsp3) is 0.286. The zero-order valence-electron chi connectivity index (χ0n) is 11.2. The average Bonchev–Trinajstić information content (AvgIpc) is 2.97. The van der Waals surface area contributed by atoms with Crippen molar-refractivity contribution in [2.24, 2.45) is 4.99 Å². The molecule has 1 aromatic carbocycles. The SMILES string of the molecule is C=S(C)(=O)c1cn(CC2=NCCN2)c2ccc(Cl)cc12. The van der Waals surface area contributed by atoms with Crippen LogP contribution in [0.2, 0.25) is 5.02 Å². The van der Waals surface area contributed by atoms with E-state index in [-0.39, 0.29) is 0 Å². The third kappa shape index (κ3) is 2.43. The highest BCUT2D eigenvalue weighted by molar-refractivity contribution is 7.99. The molecule has 1 N–H and O–H groups in total. The lowest BCUT2D eigenvalue weighted by Gasteiger charge is -2.05. The van der Waals surface area contributed by atoms with Gasteiger partial charge in [0.1, 0.15) is 5.84 Å². The summed E-state index contributed by atoms with van der Waals surface area (Å²) >= 11 is 6.06. The molecule has 0 aliphatic carbocycles. The molecule has 0 fully saturated rings. The van der Waals surface area contributed by atoms with Crippen LogP contribution in [0.3, 0.4) is 0 Å². The van der Waals surface area contributed by atoms with Gasteiger partial charge in [0.2, 0.25) is 0 Å². The van der Waals surface area contributed by atoms with Crippen molar-refractivity contribution in [3.63, 3.8) is 0 Å². The second kappa shape index (κ2) is 4.82. The van der Waals surface area contributed by atoms with Crippen LogP contribution in [0, 0.1) is 0 Å². The Bertz CT molecular complexity index is 805. The minimum atomic E-state index is -2.30. The third-order valence-electron chi connectivity index (χ3n) is 3.34. The standard InChI is InChI=1S/C14H16ClN3OS/c1-20(2,19)13-8-18(9-14-16-5-6-17-14)12-4-3-10(15)7-11(12)13/h3-4,7-8H,1,5-6,9H2,2H3,(H,16,17). The van der Waals surface area contributed by atoms with Gasteiger partial charge in [-0.25, -0.2) is 0 Å². The molecule has 0 saturated carbocycles. The van der Waals surface area contributed by atoms with Gasteiger partial charge in [0, 0.05) is 34.9 Å². The van der Waals surface area contributed by atoms with Crippen molar-refractivity contribution in [1.29, 1.82) is 0 Å². The van der Waals surface area contributed by atoms with Gasteiger partial charge in [0.15, 0.2) is 0 Å². The fourth-order valence-electron chi connectivity index (χ4n) is 2.43. The molecule has 1 atom stereocenters. The Morgan fingerprint density at radius 1 is 1.55 bits per heavy atom. The smallest absolute Gasteiger partial charge is 0.117 e. The number of amidine groups is 1. The number of rotatable bonds is 3. The van der Waals surface area contributed by atoms with E-state index >= 15 is 0 Å². The van der Waals surface area contributed by atoms with E-state index in [4.69, 9.17) is 11.6 Å². The molecule has 106 valence electrons. The van der Waals surface area contributed by atoms with E-state index in [0.29, 0.717) is 11.6 Å².